The molecule has 1 saturated heterocycles. The highest BCUT2D eigenvalue weighted by Gasteiger charge is 2.36. The first kappa shape index (κ1) is 17.3. The van der Waals surface area contributed by atoms with Gasteiger partial charge in [-0.05, 0) is 42.0 Å². The summed E-state index contributed by atoms with van der Waals surface area (Å²) in [5.41, 5.74) is 2.24. The van der Waals surface area contributed by atoms with Crippen molar-refractivity contribution < 1.29 is 19.4 Å². The van der Waals surface area contributed by atoms with Gasteiger partial charge in [0.1, 0.15) is 5.75 Å². The first-order valence-electron chi connectivity index (χ1n) is 9.30. The van der Waals surface area contributed by atoms with Crippen molar-refractivity contribution in [2.24, 2.45) is 5.92 Å². The lowest BCUT2D eigenvalue weighted by Crippen LogP contribution is -2.51. The van der Waals surface area contributed by atoms with E-state index in [1.165, 1.54) is 5.56 Å². The van der Waals surface area contributed by atoms with Crippen molar-refractivity contribution in [3.05, 3.63) is 29.3 Å². The van der Waals surface area contributed by atoms with E-state index >= 15 is 0 Å². The number of piperazine rings is 1. The molecule has 2 fully saturated rings. The summed E-state index contributed by atoms with van der Waals surface area (Å²) < 4.78 is 5.57. The molecule has 26 heavy (non-hydrogen) atoms. The standard InChI is InChI=1S/C19H25N3O4/c23-15-8-14(9-15)19(13-1-2-16-12(7-13)3-6-26-16)21-18(25)11-22-5-4-20-17(24)10-22/h1-2,7,14-15,19,23H,3-6,8-11H2,(H,20,24)(H,21,25). The first-order valence-corrected chi connectivity index (χ1v) is 9.30. The third-order valence-electron chi connectivity index (χ3n) is 5.49. The van der Waals surface area contributed by atoms with Gasteiger partial charge in [0.2, 0.25) is 11.8 Å². The second kappa shape index (κ2) is 7.25. The maximum Gasteiger partial charge on any atom is 0.234 e. The van der Waals surface area contributed by atoms with Gasteiger partial charge in [-0.1, -0.05) is 6.07 Å². The molecule has 0 spiro atoms. The molecule has 2 aliphatic heterocycles. The van der Waals surface area contributed by atoms with Crippen LogP contribution in [0.5, 0.6) is 5.75 Å². The summed E-state index contributed by atoms with van der Waals surface area (Å²) in [4.78, 5) is 25.9. The highest BCUT2D eigenvalue weighted by atomic mass is 16.5. The molecule has 1 atom stereocenters. The molecule has 0 radical (unpaired) electrons. The van der Waals surface area contributed by atoms with Gasteiger partial charge in [0.15, 0.2) is 0 Å². The normalized spacial score (nSPS) is 26.3. The van der Waals surface area contributed by atoms with Gasteiger partial charge in [-0.25, -0.2) is 0 Å². The molecule has 3 N–H and O–H groups in total. The van der Waals surface area contributed by atoms with E-state index in [0.29, 0.717) is 32.5 Å². The molecule has 140 valence electrons. The fraction of sp³-hybridized carbons (Fsp3) is 0.579. The maximum atomic E-state index is 12.6. The monoisotopic (exact) mass is 359 g/mol. The molecule has 1 aliphatic carbocycles. The van der Waals surface area contributed by atoms with Crippen LogP contribution in [0.1, 0.15) is 30.0 Å². The minimum atomic E-state index is -0.275. The number of aliphatic hydroxyl groups excluding tert-OH is 1. The van der Waals surface area contributed by atoms with Crippen molar-refractivity contribution in [1.29, 1.82) is 0 Å². The van der Waals surface area contributed by atoms with Crippen molar-refractivity contribution in [3.8, 4) is 5.75 Å². The van der Waals surface area contributed by atoms with Crippen LogP contribution < -0.4 is 15.4 Å². The third-order valence-corrected chi connectivity index (χ3v) is 5.49. The lowest BCUT2D eigenvalue weighted by molar-refractivity contribution is -0.127. The smallest absolute Gasteiger partial charge is 0.234 e. The maximum absolute atomic E-state index is 12.6. The van der Waals surface area contributed by atoms with Crippen LogP contribution >= 0.6 is 0 Å². The molecule has 3 aliphatic rings. The molecule has 2 heterocycles. The number of benzene rings is 1. The van der Waals surface area contributed by atoms with Gasteiger partial charge in [0, 0.05) is 19.5 Å². The number of carbonyl (C=O) groups is 2. The van der Waals surface area contributed by atoms with Gasteiger partial charge < -0.3 is 20.5 Å². The Morgan fingerprint density at radius 3 is 3.04 bits per heavy atom. The molecule has 0 bridgehead atoms. The molecule has 1 saturated carbocycles. The molecule has 7 heteroatoms. The predicted octanol–water partition coefficient (Wildman–Crippen LogP) is -0.0185. The zero-order valence-corrected chi connectivity index (χ0v) is 14.7. The largest absolute Gasteiger partial charge is 0.493 e. The third kappa shape index (κ3) is 3.68. The lowest BCUT2D eigenvalue weighted by Gasteiger charge is -2.38. The number of aliphatic hydroxyl groups is 1. The summed E-state index contributed by atoms with van der Waals surface area (Å²) in [5.74, 6) is 1.04. The van der Waals surface area contributed by atoms with Gasteiger partial charge in [-0.15, -0.1) is 0 Å². The molecule has 4 rings (SSSR count). The van der Waals surface area contributed by atoms with E-state index in [4.69, 9.17) is 4.74 Å². The molecule has 1 unspecified atom stereocenters. The van der Waals surface area contributed by atoms with Crippen molar-refractivity contribution in [1.82, 2.24) is 15.5 Å². The van der Waals surface area contributed by atoms with Gasteiger partial charge >= 0.3 is 0 Å². The van der Waals surface area contributed by atoms with Gasteiger partial charge in [0.25, 0.3) is 0 Å². The van der Waals surface area contributed by atoms with Crippen LogP contribution in [0, 0.1) is 5.92 Å². The summed E-state index contributed by atoms with van der Waals surface area (Å²) in [6.45, 7) is 2.44. The first-order chi connectivity index (χ1) is 12.6. The topological polar surface area (TPSA) is 90.9 Å². The summed E-state index contributed by atoms with van der Waals surface area (Å²) in [6.07, 6.45) is 2.01. The lowest BCUT2D eigenvalue weighted by atomic mass is 9.75. The summed E-state index contributed by atoms with van der Waals surface area (Å²) >= 11 is 0. The second-order valence-electron chi connectivity index (χ2n) is 7.46. The van der Waals surface area contributed by atoms with E-state index < -0.39 is 0 Å². The van der Waals surface area contributed by atoms with Crippen molar-refractivity contribution in [2.45, 2.75) is 31.4 Å². The van der Waals surface area contributed by atoms with Crippen LogP contribution in [0.25, 0.3) is 0 Å². The number of nitrogens with zero attached hydrogens (tertiary/aromatic N) is 1. The second-order valence-corrected chi connectivity index (χ2v) is 7.46. The number of fused-ring (bicyclic) bond motifs is 1. The van der Waals surface area contributed by atoms with Crippen LogP contribution in [0.4, 0.5) is 0 Å². The highest BCUT2D eigenvalue weighted by Crippen LogP contribution is 2.39. The summed E-state index contributed by atoms with van der Waals surface area (Å²) in [6, 6.07) is 5.98. The molecular formula is C19H25N3O4. The Morgan fingerprint density at radius 2 is 2.27 bits per heavy atom. The van der Waals surface area contributed by atoms with E-state index in [1.54, 1.807) is 0 Å². The Hall–Kier alpha value is -2.12. The Labute approximate surface area is 152 Å². The number of carbonyl (C=O) groups excluding carboxylic acids is 2. The number of hydrogen-bond acceptors (Lipinski definition) is 5. The molecular weight excluding hydrogens is 334 g/mol. The van der Waals surface area contributed by atoms with E-state index in [-0.39, 0.29) is 43.0 Å². The molecule has 1 aromatic rings. The average Bonchev–Trinajstić information content (AvgIpc) is 3.05. The number of nitrogens with one attached hydrogen (secondary N) is 2. The molecule has 1 aromatic carbocycles. The van der Waals surface area contributed by atoms with Crippen molar-refractivity contribution in [3.63, 3.8) is 0 Å². The number of amides is 2. The van der Waals surface area contributed by atoms with Crippen LogP contribution in [0.3, 0.4) is 0 Å². The van der Waals surface area contributed by atoms with Crippen LogP contribution in [-0.2, 0) is 16.0 Å². The quantitative estimate of drug-likeness (QED) is 0.687. The zero-order chi connectivity index (χ0) is 18.1. The fourth-order valence-electron chi connectivity index (χ4n) is 4.02. The van der Waals surface area contributed by atoms with Gasteiger partial charge in [-0.2, -0.15) is 0 Å². The minimum absolute atomic E-state index is 0.0404. The Morgan fingerprint density at radius 1 is 1.42 bits per heavy atom. The fourth-order valence-corrected chi connectivity index (χ4v) is 4.02. The molecule has 7 nitrogen and oxygen atoms in total. The van der Waals surface area contributed by atoms with Crippen LogP contribution in [-0.4, -0.2) is 60.7 Å². The van der Waals surface area contributed by atoms with Crippen molar-refractivity contribution in [2.75, 3.05) is 32.8 Å². The Balaban J connectivity index is 1.45. The van der Waals surface area contributed by atoms with E-state index in [2.05, 4.69) is 16.7 Å². The predicted molar refractivity (Wildman–Crippen MR) is 94.7 cm³/mol. The van der Waals surface area contributed by atoms with E-state index in [0.717, 1.165) is 17.7 Å². The minimum Gasteiger partial charge on any atom is -0.493 e. The molecule has 2 amide bonds. The molecule has 0 aromatic heterocycles. The Bertz CT molecular complexity index is 702. The number of rotatable bonds is 5. The number of hydrogen-bond donors (Lipinski definition) is 3. The van der Waals surface area contributed by atoms with E-state index in [1.807, 2.05) is 17.0 Å². The van der Waals surface area contributed by atoms with Gasteiger partial charge in [0.05, 0.1) is 31.8 Å². The van der Waals surface area contributed by atoms with Crippen LogP contribution in [0.2, 0.25) is 0 Å². The Kier molecular flexibility index (Phi) is 4.82. The number of ether oxygens (including phenoxy) is 1. The zero-order valence-electron chi connectivity index (χ0n) is 14.7. The van der Waals surface area contributed by atoms with Crippen molar-refractivity contribution >= 4 is 11.8 Å². The summed E-state index contributed by atoms with van der Waals surface area (Å²) in [7, 11) is 0. The summed E-state index contributed by atoms with van der Waals surface area (Å²) in [5, 5.41) is 15.6. The SMILES string of the molecule is O=C1CN(CC(=O)NC(c2ccc3c(c2)CCO3)C2CC(O)C2)CCN1. The van der Waals surface area contributed by atoms with Crippen LogP contribution in [0.15, 0.2) is 18.2 Å². The van der Waals surface area contributed by atoms with Gasteiger partial charge in [-0.3, -0.25) is 14.5 Å². The average molecular weight is 359 g/mol. The van der Waals surface area contributed by atoms with E-state index in [9.17, 15) is 14.7 Å². The highest BCUT2D eigenvalue weighted by molar-refractivity contribution is 5.82.